The van der Waals surface area contributed by atoms with Crippen molar-refractivity contribution in [3.05, 3.63) is 100 Å². The summed E-state index contributed by atoms with van der Waals surface area (Å²) in [6, 6.07) is 18.0. The van der Waals surface area contributed by atoms with Crippen LogP contribution in [0.2, 0.25) is 0 Å². The number of para-hydroxylation sites is 2. The van der Waals surface area contributed by atoms with Gasteiger partial charge in [-0.25, -0.2) is 4.98 Å². The van der Waals surface area contributed by atoms with Crippen LogP contribution in [0.25, 0.3) is 10.6 Å². The molecule has 2 aromatic heterocycles. The predicted molar refractivity (Wildman–Crippen MR) is 128 cm³/mol. The molecule has 170 valence electrons. The summed E-state index contributed by atoms with van der Waals surface area (Å²) in [5.74, 6) is -1.27. The highest BCUT2D eigenvalue weighted by atomic mass is 32.1. The van der Waals surface area contributed by atoms with E-state index in [9.17, 15) is 19.8 Å². The number of furan rings is 1. The third kappa shape index (κ3) is 3.48. The first kappa shape index (κ1) is 21.7. The molecule has 0 saturated carbocycles. The average molecular weight is 473 g/mol. The Hall–Kier alpha value is -4.17. The number of hydrogen-bond donors (Lipinski definition) is 2. The first-order chi connectivity index (χ1) is 16.4. The summed E-state index contributed by atoms with van der Waals surface area (Å²) in [4.78, 5) is 33.0. The molecule has 2 N–H and O–H groups in total. The zero-order chi connectivity index (χ0) is 24.0. The lowest BCUT2D eigenvalue weighted by Crippen LogP contribution is -2.30. The highest BCUT2D eigenvalue weighted by molar-refractivity contribution is 7.17. The smallest absolute Gasteiger partial charge is 0.294 e. The Morgan fingerprint density at radius 2 is 1.71 bits per heavy atom. The Bertz CT molecular complexity index is 1450. The summed E-state index contributed by atoms with van der Waals surface area (Å²) >= 11 is 1.20. The van der Waals surface area contributed by atoms with Crippen LogP contribution >= 0.6 is 11.3 Å². The fourth-order valence-electron chi connectivity index (χ4n) is 4.06. The minimum atomic E-state index is -1.05. The zero-order valence-electron chi connectivity index (χ0n) is 18.4. The van der Waals surface area contributed by atoms with Crippen molar-refractivity contribution in [3.8, 4) is 16.3 Å². The lowest BCUT2D eigenvalue weighted by atomic mass is 9.99. The number of carbonyl (C=O) groups excluding carboxylic acids is 2. The highest BCUT2D eigenvalue weighted by Crippen LogP contribution is 2.45. The molecule has 8 heteroatoms. The maximum atomic E-state index is 13.8. The number of hydrogen-bond acceptors (Lipinski definition) is 7. The molecule has 0 spiro atoms. The molecule has 34 heavy (non-hydrogen) atoms. The minimum Gasteiger partial charge on any atom is -0.506 e. The molecule has 0 saturated heterocycles. The summed E-state index contributed by atoms with van der Waals surface area (Å²) in [6.45, 7) is 3.46. The number of ketones is 1. The van der Waals surface area contributed by atoms with Gasteiger partial charge in [-0.15, -0.1) is 11.3 Å². The number of thiazole rings is 1. The van der Waals surface area contributed by atoms with E-state index in [1.165, 1.54) is 22.3 Å². The monoisotopic (exact) mass is 472 g/mol. The second-order valence-corrected chi connectivity index (χ2v) is 8.90. The number of nitrogens with zero attached hydrogens (tertiary/aromatic N) is 2. The van der Waals surface area contributed by atoms with Crippen LogP contribution in [0.4, 0.5) is 5.69 Å². The van der Waals surface area contributed by atoms with Gasteiger partial charge in [0.05, 0.1) is 21.8 Å². The third-order valence-corrected chi connectivity index (χ3v) is 6.85. The standard InChI is InChI=1S/C26H20N2O5S/c1-14-12-13-19(33-14)21-20(23(31)26(32)28(21)17-10-6-7-11-18(17)29)22(30)24-15(2)27-25(34-24)16-8-4-3-5-9-16/h3-13,21,29,31H,1-2H3. The Kier molecular flexibility index (Phi) is 5.30. The molecule has 1 aliphatic heterocycles. The van der Waals surface area contributed by atoms with Crippen molar-refractivity contribution in [2.45, 2.75) is 19.9 Å². The van der Waals surface area contributed by atoms with Crippen LogP contribution in [0, 0.1) is 13.8 Å². The predicted octanol–water partition coefficient (Wildman–Crippen LogP) is 5.51. The number of phenolic OH excluding ortho intramolecular Hbond substituents is 1. The normalized spacial score (nSPS) is 15.9. The molecule has 1 amide bonds. The molecule has 7 nitrogen and oxygen atoms in total. The van der Waals surface area contributed by atoms with E-state index in [-0.39, 0.29) is 17.0 Å². The largest absolute Gasteiger partial charge is 0.506 e. The fourth-order valence-corrected chi connectivity index (χ4v) is 5.08. The van der Waals surface area contributed by atoms with Gasteiger partial charge >= 0.3 is 0 Å². The molecule has 1 unspecified atom stereocenters. The molecular weight excluding hydrogens is 452 g/mol. The van der Waals surface area contributed by atoms with Gasteiger partial charge in [0.2, 0.25) is 5.78 Å². The molecule has 1 atom stereocenters. The molecule has 2 aromatic carbocycles. The van der Waals surface area contributed by atoms with E-state index < -0.39 is 23.5 Å². The van der Waals surface area contributed by atoms with Crippen molar-refractivity contribution in [3.63, 3.8) is 0 Å². The number of rotatable bonds is 5. The molecule has 0 radical (unpaired) electrons. The summed E-state index contributed by atoms with van der Waals surface area (Å²) in [7, 11) is 0. The van der Waals surface area contributed by atoms with E-state index in [4.69, 9.17) is 4.42 Å². The van der Waals surface area contributed by atoms with E-state index in [1.54, 1.807) is 44.2 Å². The van der Waals surface area contributed by atoms with Gasteiger partial charge in [0.15, 0.2) is 5.76 Å². The Labute approximate surface area is 199 Å². The molecule has 1 aliphatic rings. The van der Waals surface area contributed by atoms with Crippen molar-refractivity contribution < 1.29 is 24.2 Å². The first-order valence-corrected chi connectivity index (χ1v) is 11.4. The SMILES string of the molecule is Cc1ccc(C2C(C(=O)c3sc(-c4ccccc4)nc3C)=C(O)C(=O)N2c2ccccc2O)o1. The highest BCUT2D eigenvalue weighted by Gasteiger charge is 2.47. The van der Waals surface area contributed by atoms with E-state index >= 15 is 0 Å². The second kappa shape index (κ2) is 8.31. The van der Waals surface area contributed by atoms with Crippen LogP contribution in [0.1, 0.15) is 32.9 Å². The van der Waals surface area contributed by atoms with Crippen LogP contribution in [-0.4, -0.2) is 26.9 Å². The number of carbonyl (C=O) groups is 2. The lowest BCUT2D eigenvalue weighted by Gasteiger charge is -2.25. The van der Waals surface area contributed by atoms with Crippen LogP contribution in [-0.2, 0) is 4.79 Å². The quantitative estimate of drug-likeness (QED) is 0.371. The first-order valence-electron chi connectivity index (χ1n) is 10.6. The molecule has 5 rings (SSSR count). The van der Waals surface area contributed by atoms with Gasteiger partial charge in [0, 0.05) is 5.56 Å². The number of aryl methyl sites for hydroxylation is 2. The number of phenols is 1. The van der Waals surface area contributed by atoms with Gasteiger partial charge in [-0.1, -0.05) is 42.5 Å². The number of aromatic hydroxyl groups is 1. The summed E-state index contributed by atoms with van der Waals surface area (Å²) < 4.78 is 5.79. The van der Waals surface area contributed by atoms with Crippen LogP contribution in [0.5, 0.6) is 5.75 Å². The van der Waals surface area contributed by atoms with E-state index in [2.05, 4.69) is 4.98 Å². The molecule has 0 bridgehead atoms. The van der Waals surface area contributed by atoms with Gasteiger partial charge in [-0.05, 0) is 38.1 Å². The molecule has 0 aliphatic carbocycles. The second-order valence-electron chi connectivity index (χ2n) is 7.91. The van der Waals surface area contributed by atoms with Crippen LogP contribution in [0.15, 0.2) is 82.5 Å². The maximum Gasteiger partial charge on any atom is 0.294 e. The lowest BCUT2D eigenvalue weighted by molar-refractivity contribution is -0.117. The summed E-state index contributed by atoms with van der Waals surface area (Å²) in [6.07, 6.45) is 0. The number of aliphatic hydroxyl groups is 1. The Morgan fingerprint density at radius 1 is 1.00 bits per heavy atom. The topological polar surface area (TPSA) is 104 Å². The van der Waals surface area contributed by atoms with Crippen LogP contribution in [0.3, 0.4) is 0 Å². The number of Topliss-reactive ketones (excluding diaryl/α,β-unsaturated/α-hetero) is 1. The van der Waals surface area contributed by atoms with E-state index in [0.717, 1.165) is 5.56 Å². The molecule has 3 heterocycles. The Balaban J connectivity index is 1.64. The van der Waals surface area contributed by atoms with Gasteiger partial charge < -0.3 is 14.6 Å². The zero-order valence-corrected chi connectivity index (χ0v) is 19.2. The van der Waals surface area contributed by atoms with Gasteiger partial charge in [-0.3, -0.25) is 14.5 Å². The molecular formula is C26H20N2O5S. The molecule has 0 fully saturated rings. The number of aromatic nitrogens is 1. The average Bonchev–Trinajstić information content (AvgIpc) is 3.51. The number of benzene rings is 2. The molecule has 4 aromatic rings. The van der Waals surface area contributed by atoms with E-state index in [0.29, 0.717) is 27.1 Å². The van der Waals surface area contributed by atoms with Gasteiger partial charge in [-0.2, -0.15) is 0 Å². The number of anilines is 1. The number of amides is 1. The van der Waals surface area contributed by atoms with Crippen molar-refractivity contribution in [2.24, 2.45) is 0 Å². The minimum absolute atomic E-state index is 0.117. The maximum absolute atomic E-state index is 13.8. The van der Waals surface area contributed by atoms with Crippen molar-refractivity contribution in [1.82, 2.24) is 4.98 Å². The van der Waals surface area contributed by atoms with Crippen molar-refractivity contribution >= 4 is 28.7 Å². The van der Waals surface area contributed by atoms with Gasteiger partial charge in [0.1, 0.15) is 28.3 Å². The van der Waals surface area contributed by atoms with Crippen molar-refractivity contribution in [1.29, 1.82) is 0 Å². The Morgan fingerprint density at radius 3 is 2.38 bits per heavy atom. The number of aliphatic hydroxyl groups excluding tert-OH is 1. The van der Waals surface area contributed by atoms with Gasteiger partial charge in [0.25, 0.3) is 5.91 Å². The van der Waals surface area contributed by atoms with Crippen molar-refractivity contribution in [2.75, 3.05) is 4.90 Å². The van der Waals surface area contributed by atoms with E-state index in [1.807, 2.05) is 30.3 Å². The summed E-state index contributed by atoms with van der Waals surface area (Å²) in [5.41, 5.74) is 1.40. The summed E-state index contributed by atoms with van der Waals surface area (Å²) in [5, 5.41) is 22.0. The fraction of sp³-hybridized carbons (Fsp3) is 0.115. The van der Waals surface area contributed by atoms with Crippen LogP contribution < -0.4 is 4.90 Å². The third-order valence-electron chi connectivity index (χ3n) is 5.65.